The lowest BCUT2D eigenvalue weighted by molar-refractivity contribution is 0.150. The van der Waals surface area contributed by atoms with Crippen molar-refractivity contribution in [3.05, 3.63) is 0 Å². The summed E-state index contributed by atoms with van der Waals surface area (Å²) in [6, 6.07) is 2.17. The lowest BCUT2D eigenvalue weighted by atomic mass is 9.93. The van der Waals surface area contributed by atoms with Crippen LogP contribution in [-0.4, -0.2) is 49.1 Å². The molecule has 1 saturated heterocycles. The van der Waals surface area contributed by atoms with Gasteiger partial charge < -0.3 is 15.5 Å². The van der Waals surface area contributed by atoms with Crippen molar-refractivity contribution >= 4 is 29.9 Å². The maximum absolute atomic E-state index is 4.38. The molecule has 3 fully saturated rings. The zero-order valence-electron chi connectivity index (χ0n) is 13.3. The minimum atomic E-state index is 0. The number of nitrogens with zero attached hydrogens (tertiary/aromatic N) is 2. The van der Waals surface area contributed by atoms with Crippen LogP contribution in [0.1, 0.15) is 57.8 Å². The van der Waals surface area contributed by atoms with Crippen LogP contribution >= 0.6 is 24.0 Å². The minimum absolute atomic E-state index is 0. The normalized spacial score (nSPS) is 26.2. The highest BCUT2D eigenvalue weighted by molar-refractivity contribution is 14.0. The number of aliphatic imine (C=N–C) groups is 1. The summed E-state index contributed by atoms with van der Waals surface area (Å²) in [5.41, 5.74) is 0. The predicted octanol–water partition coefficient (Wildman–Crippen LogP) is 2.73. The Kier molecular flexibility index (Phi) is 7.05. The van der Waals surface area contributed by atoms with Gasteiger partial charge in [-0.3, -0.25) is 4.99 Å². The number of piperidine rings is 1. The van der Waals surface area contributed by atoms with Crippen LogP contribution in [0.5, 0.6) is 0 Å². The Hall–Kier alpha value is -0.0400. The molecule has 0 atom stereocenters. The van der Waals surface area contributed by atoms with Crippen LogP contribution in [0.25, 0.3) is 0 Å². The molecule has 0 aromatic heterocycles. The highest BCUT2D eigenvalue weighted by Crippen LogP contribution is 2.26. The van der Waals surface area contributed by atoms with E-state index in [0.29, 0.717) is 12.1 Å². The average Bonchev–Trinajstić information content (AvgIpc) is 2.96. The van der Waals surface area contributed by atoms with Crippen molar-refractivity contribution in [2.75, 3.05) is 20.1 Å². The molecule has 0 unspecified atom stereocenters. The summed E-state index contributed by atoms with van der Waals surface area (Å²) in [7, 11) is 1.89. The Labute approximate surface area is 146 Å². The topological polar surface area (TPSA) is 39.7 Å². The predicted molar refractivity (Wildman–Crippen MR) is 99.5 cm³/mol. The van der Waals surface area contributed by atoms with E-state index in [1.165, 1.54) is 70.9 Å². The summed E-state index contributed by atoms with van der Waals surface area (Å²) >= 11 is 0. The molecule has 21 heavy (non-hydrogen) atoms. The Morgan fingerprint density at radius 3 is 1.90 bits per heavy atom. The van der Waals surface area contributed by atoms with E-state index in [1.54, 1.807) is 0 Å². The van der Waals surface area contributed by atoms with Gasteiger partial charge in [0.2, 0.25) is 0 Å². The van der Waals surface area contributed by atoms with Gasteiger partial charge in [-0.1, -0.05) is 12.8 Å². The van der Waals surface area contributed by atoms with Crippen LogP contribution in [0.4, 0.5) is 0 Å². The zero-order valence-corrected chi connectivity index (χ0v) is 15.6. The van der Waals surface area contributed by atoms with Gasteiger partial charge in [0.05, 0.1) is 0 Å². The van der Waals surface area contributed by atoms with Gasteiger partial charge in [0, 0.05) is 38.3 Å². The van der Waals surface area contributed by atoms with Crippen LogP contribution in [-0.2, 0) is 0 Å². The number of nitrogens with one attached hydrogen (secondary N) is 2. The molecule has 1 heterocycles. The Balaban J connectivity index is 0.00000161. The molecule has 0 radical (unpaired) electrons. The van der Waals surface area contributed by atoms with E-state index >= 15 is 0 Å². The molecular weight excluding hydrogens is 375 g/mol. The molecule has 0 aromatic rings. The molecule has 122 valence electrons. The van der Waals surface area contributed by atoms with E-state index in [1.807, 2.05) is 7.05 Å². The van der Waals surface area contributed by atoms with Crippen molar-refractivity contribution in [2.24, 2.45) is 4.99 Å². The number of guanidine groups is 1. The van der Waals surface area contributed by atoms with Crippen molar-refractivity contribution in [1.82, 2.24) is 15.5 Å². The molecule has 1 aliphatic heterocycles. The molecule has 3 rings (SSSR count). The fraction of sp³-hybridized carbons (Fsp3) is 0.938. The first kappa shape index (κ1) is 17.3. The first-order valence-corrected chi connectivity index (χ1v) is 8.59. The van der Waals surface area contributed by atoms with Gasteiger partial charge in [0.15, 0.2) is 5.96 Å². The molecular formula is C16H31IN4. The zero-order chi connectivity index (χ0) is 13.8. The number of rotatable bonds is 3. The third-order valence-electron chi connectivity index (χ3n) is 5.38. The molecule has 5 heteroatoms. The SMILES string of the molecule is CN=C(NC1CCC1)NC1CCN(C2CCCC2)CC1.I. The molecule has 0 bridgehead atoms. The maximum atomic E-state index is 4.38. The van der Waals surface area contributed by atoms with Gasteiger partial charge in [0.25, 0.3) is 0 Å². The summed E-state index contributed by atoms with van der Waals surface area (Å²) in [4.78, 5) is 7.11. The highest BCUT2D eigenvalue weighted by Gasteiger charge is 2.27. The molecule has 0 aromatic carbocycles. The van der Waals surface area contributed by atoms with Crippen LogP contribution in [0, 0.1) is 0 Å². The molecule has 4 nitrogen and oxygen atoms in total. The quantitative estimate of drug-likeness (QED) is 0.430. The number of likely N-dealkylation sites (tertiary alicyclic amines) is 1. The number of hydrogen-bond donors (Lipinski definition) is 2. The first-order valence-electron chi connectivity index (χ1n) is 8.59. The fourth-order valence-electron chi connectivity index (χ4n) is 3.79. The molecule has 2 saturated carbocycles. The number of hydrogen-bond acceptors (Lipinski definition) is 2. The Bertz CT molecular complexity index is 329. The molecule has 0 amide bonds. The lowest BCUT2D eigenvalue weighted by Gasteiger charge is -2.37. The summed E-state index contributed by atoms with van der Waals surface area (Å²) < 4.78 is 0. The third kappa shape index (κ3) is 4.71. The summed E-state index contributed by atoms with van der Waals surface area (Å²) in [5.74, 6) is 1.02. The second-order valence-electron chi connectivity index (χ2n) is 6.74. The lowest BCUT2D eigenvalue weighted by Crippen LogP contribution is -2.53. The number of halogens is 1. The van der Waals surface area contributed by atoms with Gasteiger partial charge in [0.1, 0.15) is 0 Å². The smallest absolute Gasteiger partial charge is 0.191 e. The first-order chi connectivity index (χ1) is 9.85. The van der Waals surface area contributed by atoms with Gasteiger partial charge in [-0.25, -0.2) is 0 Å². The second-order valence-corrected chi connectivity index (χ2v) is 6.74. The average molecular weight is 406 g/mol. The van der Waals surface area contributed by atoms with Crippen molar-refractivity contribution in [3.63, 3.8) is 0 Å². The molecule has 3 aliphatic rings. The van der Waals surface area contributed by atoms with Crippen molar-refractivity contribution in [2.45, 2.75) is 75.9 Å². The van der Waals surface area contributed by atoms with E-state index in [-0.39, 0.29) is 24.0 Å². The largest absolute Gasteiger partial charge is 0.354 e. The standard InChI is InChI=1S/C16H30N4.HI/c1-17-16(18-13-5-4-6-13)19-14-9-11-20(12-10-14)15-7-2-3-8-15;/h13-15H,2-12H2,1H3,(H2,17,18,19);1H. The van der Waals surface area contributed by atoms with Crippen LogP contribution in [0.15, 0.2) is 4.99 Å². The Morgan fingerprint density at radius 1 is 0.857 bits per heavy atom. The Morgan fingerprint density at radius 2 is 1.43 bits per heavy atom. The summed E-state index contributed by atoms with van der Waals surface area (Å²) in [6.07, 6.45) is 12.3. The minimum Gasteiger partial charge on any atom is -0.354 e. The second kappa shape index (κ2) is 8.56. The van der Waals surface area contributed by atoms with E-state index in [4.69, 9.17) is 0 Å². The van der Waals surface area contributed by atoms with Crippen LogP contribution in [0.3, 0.4) is 0 Å². The monoisotopic (exact) mass is 406 g/mol. The third-order valence-corrected chi connectivity index (χ3v) is 5.38. The van der Waals surface area contributed by atoms with Crippen molar-refractivity contribution in [3.8, 4) is 0 Å². The maximum Gasteiger partial charge on any atom is 0.191 e. The van der Waals surface area contributed by atoms with Crippen LogP contribution < -0.4 is 10.6 Å². The van der Waals surface area contributed by atoms with Gasteiger partial charge >= 0.3 is 0 Å². The highest BCUT2D eigenvalue weighted by atomic mass is 127. The molecule has 2 N–H and O–H groups in total. The van der Waals surface area contributed by atoms with E-state index in [0.717, 1.165) is 12.0 Å². The molecule has 0 spiro atoms. The van der Waals surface area contributed by atoms with E-state index < -0.39 is 0 Å². The van der Waals surface area contributed by atoms with Gasteiger partial charge in [-0.05, 0) is 44.9 Å². The van der Waals surface area contributed by atoms with Gasteiger partial charge in [-0.15, -0.1) is 24.0 Å². The van der Waals surface area contributed by atoms with E-state index in [9.17, 15) is 0 Å². The van der Waals surface area contributed by atoms with E-state index in [2.05, 4.69) is 20.5 Å². The van der Waals surface area contributed by atoms with Crippen molar-refractivity contribution in [1.29, 1.82) is 0 Å². The van der Waals surface area contributed by atoms with Crippen LogP contribution in [0.2, 0.25) is 0 Å². The van der Waals surface area contributed by atoms with Gasteiger partial charge in [-0.2, -0.15) is 0 Å². The summed E-state index contributed by atoms with van der Waals surface area (Å²) in [6.45, 7) is 2.53. The fourth-order valence-corrected chi connectivity index (χ4v) is 3.79. The van der Waals surface area contributed by atoms with Crippen molar-refractivity contribution < 1.29 is 0 Å². The summed E-state index contributed by atoms with van der Waals surface area (Å²) in [5, 5.41) is 7.17. The molecule has 2 aliphatic carbocycles.